The van der Waals surface area contributed by atoms with Gasteiger partial charge in [0.1, 0.15) is 0 Å². The highest BCUT2D eigenvalue weighted by atomic mass is 14.4. The average Bonchev–Trinajstić information content (AvgIpc) is 2.83. The first-order valence-corrected chi connectivity index (χ1v) is 13.9. The van der Waals surface area contributed by atoms with Crippen molar-refractivity contribution in [1.29, 1.82) is 0 Å². The Morgan fingerprint density at radius 1 is 0.625 bits per heavy atom. The molecule has 0 heterocycles. The normalized spacial score (nSPS) is 16.3. The van der Waals surface area contributed by atoms with Crippen LogP contribution in [0.25, 0.3) is 0 Å². The Balaban J connectivity index is 1.81. The first-order chi connectivity index (χ1) is 15.7. The largest absolute Gasteiger partial charge is 0.0654 e. The lowest BCUT2D eigenvalue weighted by atomic mass is 9.60. The predicted octanol–water partition coefficient (Wildman–Crippen LogP) is 9.82. The zero-order valence-corrected chi connectivity index (χ0v) is 21.3. The van der Waals surface area contributed by atoms with Gasteiger partial charge >= 0.3 is 0 Å². The SMILES string of the molecule is CCCCCCCCC1CCC(c2ccccc2CCC)(c2ccccc2CCC)CC1. The second kappa shape index (κ2) is 13.2. The van der Waals surface area contributed by atoms with Gasteiger partial charge in [0, 0.05) is 5.41 Å². The van der Waals surface area contributed by atoms with Crippen LogP contribution in [0.2, 0.25) is 0 Å². The van der Waals surface area contributed by atoms with Crippen LogP contribution in [0.5, 0.6) is 0 Å². The lowest BCUT2D eigenvalue weighted by Crippen LogP contribution is -2.35. The van der Waals surface area contributed by atoms with Gasteiger partial charge in [-0.2, -0.15) is 0 Å². The van der Waals surface area contributed by atoms with Crippen LogP contribution in [0.1, 0.15) is 126 Å². The first kappa shape index (κ1) is 25.1. The molecule has 32 heavy (non-hydrogen) atoms. The summed E-state index contributed by atoms with van der Waals surface area (Å²) in [5, 5.41) is 0. The molecule has 1 saturated carbocycles. The molecule has 2 aromatic rings. The Kier molecular flexibility index (Phi) is 10.4. The van der Waals surface area contributed by atoms with E-state index in [1.807, 2.05) is 0 Å². The maximum Gasteiger partial charge on any atom is 0.0208 e. The van der Waals surface area contributed by atoms with Gasteiger partial charge in [-0.1, -0.05) is 127 Å². The summed E-state index contributed by atoms with van der Waals surface area (Å²) in [6.45, 7) is 6.96. The minimum Gasteiger partial charge on any atom is -0.0654 e. The molecule has 1 aliphatic carbocycles. The van der Waals surface area contributed by atoms with Crippen LogP contribution in [-0.4, -0.2) is 0 Å². The highest BCUT2D eigenvalue weighted by Gasteiger charge is 2.40. The summed E-state index contributed by atoms with van der Waals surface area (Å²) in [5.74, 6) is 0.936. The molecule has 2 aromatic carbocycles. The first-order valence-electron chi connectivity index (χ1n) is 13.9. The predicted molar refractivity (Wildman–Crippen MR) is 142 cm³/mol. The van der Waals surface area contributed by atoms with Crippen LogP contribution in [0, 0.1) is 5.92 Å². The van der Waals surface area contributed by atoms with Crippen LogP contribution >= 0.6 is 0 Å². The van der Waals surface area contributed by atoms with E-state index in [4.69, 9.17) is 0 Å². The van der Waals surface area contributed by atoms with Gasteiger partial charge in [-0.15, -0.1) is 0 Å². The summed E-state index contributed by atoms with van der Waals surface area (Å²) >= 11 is 0. The van der Waals surface area contributed by atoms with Crippen LogP contribution in [0.15, 0.2) is 48.5 Å². The third-order valence-electron chi connectivity index (χ3n) is 8.03. The maximum atomic E-state index is 2.47. The van der Waals surface area contributed by atoms with Crippen LogP contribution in [-0.2, 0) is 18.3 Å². The number of unbranched alkanes of at least 4 members (excludes halogenated alkanes) is 5. The highest BCUT2D eigenvalue weighted by molar-refractivity contribution is 5.47. The van der Waals surface area contributed by atoms with Crippen molar-refractivity contribution >= 4 is 0 Å². The summed E-state index contributed by atoms with van der Waals surface area (Å²) in [6.07, 6.45) is 20.3. The number of benzene rings is 2. The lowest BCUT2D eigenvalue weighted by molar-refractivity contribution is 0.248. The summed E-state index contributed by atoms with van der Waals surface area (Å²) in [7, 11) is 0. The summed E-state index contributed by atoms with van der Waals surface area (Å²) in [5.41, 5.74) is 6.69. The number of hydrogen-bond donors (Lipinski definition) is 0. The van der Waals surface area contributed by atoms with Crippen molar-refractivity contribution in [2.45, 2.75) is 122 Å². The third kappa shape index (κ3) is 6.27. The van der Waals surface area contributed by atoms with E-state index in [-0.39, 0.29) is 5.41 Å². The van der Waals surface area contributed by atoms with E-state index in [9.17, 15) is 0 Å². The van der Waals surface area contributed by atoms with E-state index in [1.165, 1.54) is 96.3 Å². The summed E-state index contributed by atoms with van der Waals surface area (Å²) < 4.78 is 0. The second-order valence-corrected chi connectivity index (χ2v) is 10.4. The lowest BCUT2D eigenvalue weighted by Gasteiger charge is -2.43. The van der Waals surface area contributed by atoms with Crippen LogP contribution < -0.4 is 0 Å². The molecule has 0 heteroatoms. The smallest absolute Gasteiger partial charge is 0.0208 e. The van der Waals surface area contributed by atoms with Crippen molar-refractivity contribution in [3.05, 3.63) is 70.8 Å². The van der Waals surface area contributed by atoms with Gasteiger partial charge in [-0.25, -0.2) is 0 Å². The van der Waals surface area contributed by atoms with Crippen LogP contribution in [0.3, 0.4) is 0 Å². The average molecular weight is 433 g/mol. The quantitative estimate of drug-likeness (QED) is 0.276. The Hall–Kier alpha value is -1.56. The fourth-order valence-corrected chi connectivity index (χ4v) is 6.31. The van der Waals surface area contributed by atoms with E-state index >= 15 is 0 Å². The van der Waals surface area contributed by atoms with Crippen molar-refractivity contribution < 1.29 is 0 Å². The monoisotopic (exact) mass is 432 g/mol. The van der Waals surface area contributed by atoms with Crippen LogP contribution in [0.4, 0.5) is 0 Å². The van der Waals surface area contributed by atoms with E-state index in [1.54, 1.807) is 22.3 Å². The molecule has 0 nitrogen and oxygen atoms in total. The molecule has 0 atom stereocenters. The van der Waals surface area contributed by atoms with Crippen molar-refractivity contribution in [2.75, 3.05) is 0 Å². The molecule has 0 amide bonds. The van der Waals surface area contributed by atoms with Gasteiger partial charge < -0.3 is 0 Å². The number of hydrogen-bond acceptors (Lipinski definition) is 0. The van der Waals surface area contributed by atoms with E-state index in [2.05, 4.69) is 69.3 Å². The third-order valence-corrected chi connectivity index (χ3v) is 8.03. The molecular weight excluding hydrogens is 384 g/mol. The van der Waals surface area contributed by atoms with E-state index < -0.39 is 0 Å². The van der Waals surface area contributed by atoms with Gasteiger partial charge in [0.2, 0.25) is 0 Å². The highest BCUT2D eigenvalue weighted by Crippen LogP contribution is 2.49. The minimum atomic E-state index is 0.217. The summed E-state index contributed by atoms with van der Waals surface area (Å²) in [6, 6.07) is 18.9. The molecule has 0 N–H and O–H groups in total. The topological polar surface area (TPSA) is 0 Å². The molecule has 0 bridgehead atoms. The number of rotatable bonds is 13. The zero-order chi connectivity index (χ0) is 22.7. The molecule has 1 fully saturated rings. The Bertz CT molecular complexity index is 727. The number of aryl methyl sites for hydroxylation is 2. The molecule has 176 valence electrons. The fraction of sp³-hybridized carbons (Fsp3) is 0.625. The van der Waals surface area contributed by atoms with Gasteiger partial charge in [0.05, 0.1) is 0 Å². The molecule has 0 spiro atoms. The van der Waals surface area contributed by atoms with Gasteiger partial charge in [0.25, 0.3) is 0 Å². The molecule has 1 aliphatic rings. The van der Waals surface area contributed by atoms with Crippen molar-refractivity contribution in [3.63, 3.8) is 0 Å². The van der Waals surface area contributed by atoms with E-state index in [0.717, 1.165) is 5.92 Å². The summed E-state index contributed by atoms with van der Waals surface area (Å²) in [4.78, 5) is 0. The van der Waals surface area contributed by atoms with Crippen molar-refractivity contribution in [2.24, 2.45) is 5.92 Å². The molecule has 0 aliphatic heterocycles. The molecule has 0 unspecified atom stereocenters. The Labute approximate surface area is 199 Å². The van der Waals surface area contributed by atoms with E-state index in [0.29, 0.717) is 0 Å². The Morgan fingerprint density at radius 2 is 1.12 bits per heavy atom. The van der Waals surface area contributed by atoms with Crippen molar-refractivity contribution in [3.8, 4) is 0 Å². The Morgan fingerprint density at radius 3 is 1.66 bits per heavy atom. The van der Waals surface area contributed by atoms with Gasteiger partial charge in [-0.05, 0) is 66.7 Å². The molecule has 0 radical (unpaired) electrons. The zero-order valence-electron chi connectivity index (χ0n) is 21.3. The van der Waals surface area contributed by atoms with Gasteiger partial charge in [-0.3, -0.25) is 0 Å². The molecule has 0 aromatic heterocycles. The second-order valence-electron chi connectivity index (χ2n) is 10.4. The standard InChI is InChI=1S/C32H48/c1-4-7-8-9-10-11-18-27-23-25-32(26-24-27,30-21-14-12-19-28(30)16-5-2)31-22-15-13-20-29(31)17-6-3/h12-15,19-22,27H,4-11,16-18,23-26H2,1-3H3. The molecule has 0 saturated heterocycles. The maximum absolute atomic E-state index is 2.47. The van der Waals surface area contributed by atoms with Gasteiger partial charge in [0.15, 0.2) is 0 Å². The minimum absolute atomic E-state index is 0.217. The fourth-order valence-electron chi connectivity index (χ4n) is 6.31. The van der Waals surface area contributed by atoms with Crippen molar-refractivity contribution in [1.82, 2.24) is 0 Å². The molecule has 3 rings (SSSR count). The molecular formula is C32H48.